The van der Waals surface area contributed by atoms with Crippen molar-refractivity contribution in [2.45, 2.75) is 19.2 Å². The van der Waals surface area contributed by atoms with Crippen molar-refractivity contribution >= 4 is 23.0 Å². The lowest BCUT2D eigenvalue weighted by Gasteiger charge is -2.19. The van der Waals surface area contributed by atoms with Gasteiger partial charge in [-0.15, -0.1) is 17.6 Å². The Morgan fingerprint density at radius 3 is 2.05 bits per heavy atom. The van der Waals surface area contributed by atoms with Crippen molar-refractivity contribution in [3.05, 3.63) is 71.8 Å². The van der Waals surface area contributed by atoms with Crippen molar-refractivity contribution < 1.29 is 54.8 Å². The number of hydrazine groups is 1. The molecular weight excluding hydrogens is 552 g/mol. The van der Waals surface area contributed by atoms with Crippen LogP contribution in [-0.2, 0) is 0 Å². The van der Waals surface area contributed by atoms with Gasteiger partial charge in [0.25, 0.3) is 0 Å². The lowest BCUT2D eigenvalue weighted by atomic mass is 10.00. The number of rotatable bonds is 5. The van der Waals surface area contributed by atoms with Crippen molar-refractivity contribution in [1.29, 1.82) is 0 Å². The molecule has 0 saturated heterocycles. The number of hydrogen-bond acceptors (Lipinski definition) is 7. The molecule has 0 bridgehead atoms. The van der Waals surface area contributed by atoms with Gasteiger partial charge < -0.3 is 29.0 Å². The lowest BCUT2D eigenvalue weighted by Crippen LogP contribution is -2.40. The predicted octanol–water partition coefficient (Wildman–Crippen LogP) is 5.85. The van der Waals surface area contributed by atoms with E-state index in [1.165, 1.54) is 54.6 Å². The zero-order valence-electron chi connectivity index (χ0n) is 19.7. The Morgan fingerprint density at radius 2 is 1.40 bits per heavy atom. The number of benzene rings is 3. The zero-order chi connectivity index (χ0) is 28.2. The van der Waals surface area contributed by atoms with Crippen molar-refractivity contribution in [2.24, 2.45) is 0 Å². The fourth-order valence-corrected chi connectivity index (χ4v) is 4.23. The summed E-state index contributed by atoms with van der Waals surface area (Å²) in [6.07, 6.45) is -7.67. The Bertz CT molecular complexity index is 1530. The molecule has 3 aliphatic rings. The van der Waals surface area contributed by atoms with Gasteiger partial charge in [-0.3, -0.25) is 5.43 Å². The first-order valence-electron chi connectivity index (χ1n) is 11.4. The van der Waals surface area contributed by atoms with Crippen LogP contribution in [0.4, 0.5) is 36.8 Å². The van der Waals surface area contributed by atoms with Crippen LogP contribution in [0.15, 0.2) is 60.7 Å². The molecule has 0 unspecified atom stereocenters. The highest BCUT2D eigenvalue weighted by atomic mass is 19.3. The van der Waals surface area contributed by atoms with Crippen LogP contribution in [0.3, 0.4) is 0 Å². The Balaban J connectivity index is 1.27. The molecule has 15 heteroatoms. The van der Waals surface area contributed by atoms with Crippen molar-refractivity contribution in [3.8, 4) is 28.7 Å². The summed E-state index contributed by atoms with van der Waals surface area (Å²) in [6, 6.07) is 12.5. The summed E-state index contributed by atoms with van der Waals surface area (Å²) in [5, 5.41) is 3.67. The SMILES string of the molecule is O=C(Nc1ccc2c(c1)OC(F)(F)O2)N1CC(c2ccc3c(c2)OC(F)(F)O3)=C(c2ccc(OC(F)F)cc2)N1. The number of hydrogen-bond donors (Lipinski definition) is 2. The first kappa shape index (κ1) is 25.3. The molecule has 3 aliphatic heterocycles. The van der Waals surface area contributed by atoms with Gasteiger partial charge in [0.2, 0.25) is 0 Å². The van der Waals surface area contributed by atoms with Crippen LogP contribution in [0.1, 0.15) is 11.1 Å². The minimum absolute atomic E-state index is 0.102. The largest absolute Gasteiger partial charge is 0.586 e. The summed E-state index contributed by atoms with van der Waals surface area (Å²) in [5.41, 5.74) is 4.63. The van der Waals surface area contributed by atoms with Crippen LogP contribution in [-0.4, -0.2) is 36.8 Å². The van der Waals surface area contributed by atoms with E-state index in [1.807, 2.05) is 0 Å². The van der Waals surface area contributed by atoms with Gasteiger partial charge in [-0.05, 0) is 54.1 Å². The molecule has 0 radical (unpaired) electrons. The molecule has 208 valence electrons. The van der Waals surface area contributed by atoms with Crippen LogP contribution in [0.2, 0.25) is 0 Å². The second kappa shape index (κ2) is 9.07. The molecule has 0 spiro atoms. The standard InChI is InChI=1S/C25H15F6N3O6/c26-22(27)36-15-5-1-12(2-6-15)21-16(13-3-7-17-19(9-13)39-24(28,29)37-17)11-34(33-21)23(35)32-14-4-8-18-20(10-14)40-25(30,31)38-18/h1-10,22,33H,11H2,(H,32,35). The molecule has 3 heterocycles. The van der Waals surface area contributed by atoms with E-state index < -0.39 is 25.2 Å². The molecule has 6 rings (SSSR count). The Hall–Kier alpha value is -4.95. The summed E-state index contributed by atoms with van der Waals surface area (Å²) < 4.78 is 101. The van der Waals surface area contributed by atoms with E-state index in [-0.39, 0.29) is 41.0 Å². The third kappa shape index (κ3) is 4.92. The Labute approximate surface area is 220 Å². The second-order valence-electron chi connectivity index (χ2n) is 8.54. The number of amides is 2. The number of halogens is 6. The van der Waals surface area contributed by atoms with Crippen LogP contribution < -0.4 is 34.4 Å². The van der Waals surface area contributed by atoms with Crippen molar-refractivity contribution in [1.82, 2.24) is 10.4 Å². The molecule has 3 aromatic carbocycles. The third-order valence-electron chi connectivity index (χ3n) is 5.88. The maximum atomic E-state index is 13.6. The Kier molecular flexibility index (Phi) is 5.74. The minimum Gasteiger partial charge on any atom is -0.435 e. The van der Waals surface area contributed by atoms with E-state index in [1.54, 1.807) is 0 Å². The number of carbonyl (C=O) groups excluding carboxylic acids is 1. The highest BCUT2D eigenvalue weighted by molar-refractivity contribution is 5.99. The average Bonchev–Trinajstić information content (AvgIpc) is 3.54. The lowest BCUT2D eigenvalue weighted by molar-refractivity contribution is -0.287. The molecule has 0 aliphatic carbocycles. The van der Waals surface area contributed by atoms with Gasteiger partial charge in [0.15, 0.2) is 23.0 Å². The van der Waals surface area contributed by atoms with Crippen molar-refractivity contribution in [3.63, 3.8) is 0 Å². The first-order valence-corrected chi connectivity index (χ1v) is 11.4. The van der Waals surface area contributed by atoms with E-state index in [2.05, 4.69) is 34.4 Å². The van der Waals surface area contributed by atoms with E-state index in [0.717, 1.165) is 11.1 Å². The number of fused-ring (bicyclic) bond motifs is 2. The maximum Gasteiger partial charge on any atom is 0.586 e. The summed E-state index contributed by atoms with van der Waals surface area (Å²) in [5.74, 6) is -0.998. The maximum absolute atomic E-state index is 13.6. The third-order valence-corrected chi connectivity index (χ3v) is 5.88. The van der Waals surface area contributed by atoms with E-state index >= 15 is 0 Å². The number of nitrogens with zero attached hydrogens (tertiary/aromatic N) is 1. The van der Waals surface area contributed by atoms with Crippen LogP contribution >= 0.6 is 0 Å². The summed E-state index contributed by atoms with van der Waals surface area (Å²) in [6.45, 7) is -3.13. The zero-order valence-corrected chi connectivity index (χ0v) is 19.7. The van der Waals surface area contributed by atoms with Crippen LogP contribution in [0, 0.1) is 0 Å². The van der Waals surface area contributed by atoms with E-state index in [9.17, 15) is 31.1 Å². The quantitative estimate of drug-likeness (QED) is 0.374. The fourth-order valence-electron chi connectivity index (χ4n) is 4.23. The molecule has 0 atom stereocenters. The number of ether oxygens (including phenoxy) is 5. The predicted molar refractivity (Wildman–Crippen MR) is 124 cm³/mol. The number of anilines is 1. The van der Waals surface area contributed by atoms with E-state index in [4.69, 9.17) is 0 Å². The molecule has 9 nitrogen and oxygen atoms in total. The smallest absolute Gasteiger partial charge is 0.435 e. The van der Waals surface area contributed by atoms with Crippen LogP contribution in [0.25, 0.3) is 11.3 Å². The summed E-state index contributed by atoms with van der Waals surface area (Å²) in [7, 11) is 0. The fraction of sp³-hybridized carbons (Fsp3) is 0.160. The molecule has 3 aromatic rings. The van der Waals surface area contributed by atoms with Gasteiger partial charge >= 0.3 is 25.2 Å². The first-order chi connectivity index (χ1) is 18.9. The highest BCUT2D eigenvalue weighted by Gasteiger charge is 2.44. The topological polar surface area (TPSA) is 90.5 Å². The molecular formula is C25H15F6N3O6. The summed E-state index contributed by atoms with van der Waals surface area (Å²) in [4.78, 5) is 13.1. The molecule has 40 heavy (non-hydrogen) atoms. The number of nitrogens with one attached hydrogen (secondary N) is 2. The molecule has 0 fully saturated rings. The molecule has 0 saturated carbocycles. The summed E-state index contributed by atoms with van der Waals surface area (Å²) >= 11 is 0. The van der Waals surface area contributed by atoms with Crippen molar-refractivity contribution in [2.75, 3.05) is 11.9 Å². The normalized spacial score (nSPS) is 17.7. The van der Waals surface area contributed by atoms with E-state index in [0.29, 0.717) is 22.4 Å². The second-order valence-corrected chi connectivity index (χ2v) is 8.54. The molecule has 0 aromatic heterocycles. The van der Waals surface area contributed by atoms with Gasteiger partial charge in [-0.1, -0.05) is 6.07 Å². The molecule has 2 amide bonds. The van der Waals surface area contributed by atoms with Gasteiger partial charge in [0.1, 0.15) is 5.75 Å². The highest BCUT2D eigenvalue weighted by Crippen LogP contribution is 2.44. The number of carbonyl (C=O) groups is 1. The Morgan fingerprint density at radius 1 is 0.825 bits per heavy atom. The average molecular weight is 567 g/mol. The minimum atomic E-state index is -3.84. The van der Waals surface area contributed by atoms with Gasteiger partial charge in [0.05, 0.1) is 12.2 Å². The van der Waals surface area contributed by atoms with Gasteiger partial charge in [-0.2, -0.15) is 8.78 Å². The monoisotopic (exact) mass is 567 g/mol. The number of alkyl halides is 6. The number of urea groups is 1. The van der Waals surface area contributed by atoms with Gasteiger partial charge in [-0.25, -0.2) is 9.80 Å². The van der Waals surface area contributed by atoms with Crippen LogP contribution in [0.5, 0.6) is 28.7 Å². The molecule has 2 N–H and O–H groups in total. The van der Waals surface area contributed by atoms with Gasteiger partial charge in [0, 0.05) is 22.9 Å².